The molecular weight excluding hydrogens is 265 g/mol. The van der Waals surface area contributed by atoms with Crippen molar-refractivity contribution in [3.05, 3.63) is 42.5 Å². The molecule has 0 saturated heterocycles. The van der Waals surface area contributed by atoms with Crippen LogP contribution in [0.25, 0.3) is 0 Å². The summed E-state index contributed by atoms with van der Waals surface area (Å²) in [5, 5.41) is 1.16. The first-order chi connectivity index (χ1) is 8.11. The van der Waals surface area contributed by atoms with Crippen molar-refractivity contribution in [3.63, 3.8) is 0 Å². The molecule has 0 fully saturated rings. The van der Waals surface area contributed by atoms with Crippen molar-refractivity contribution in [3.8, 4) is 11.8 Å². The second-order valence-electron chi connectivity index (χ2n) is 4.97. The molecule has 0 spiro atoms. The van der Waals surface area contributed by atoms with Gasteiger partial charge in [-0.1, -0.05) is 0 Å². The molecular formula is C16H22Ge. The Balaban J connectivity index is 3.08. The van der Waals surface area contributed by atoms with E-state index in [4.69, 9.17) is 0 Å². The SMILES string of the molecule is C=C[CH2][Ge]([CH3])([CH3])[c]1ccccc1C#CCCC. The third kappa shape index (κ3) is 4.09. The van der Waals surface area contributed by atoms with Crippen LogP contribution in [0.2, 0.25) is 16.8 Å². The third-order valence-electron chi connectivity index (χ3n) is 2.91. The molecule has 0 aromatic heterocycles. The summed E-state index contributed by atoms with van der Waals surface area (Å²) < 4.78 is 1.51. The number of benzene rings is 1. The van der Waals surface area contributed by atoms with E-state index in [9.17, 15) is 0 Å². The molecule has 0 unspecified atom stereocenters. The van der Waals surface area contributed by atoms with E-state index in [-0.39, 0.29) is 0 Å². The monoisotopic (exact) mass is 288 g/mol. The van der Waals surface area contributed by atoms with Crippen LogP contribution >= 0.6 is 0 Å². The van der Waals surface area contributed by atoms with Crippen molar-refractivity contribution in [2.75, 3.05) is 0 Å². The van der Waals surface area contributed by atoms with Crippen LogP contribution in [0.3, 0.4) is 0 Å². The van der Waals surface area contributed by atoms with Gasteiger partial charge in [0.2, 0.25) is 0 Å². The van der Waals surface area contributed by atoms with Gasteiger partial charge >= 0.3 is 109 Å². The zero-order chi connectivity index (χ0) is 12.7. The van der Waals surface area contributed by atoms with Crippen molar-refractivity contribution in [2.45, 2.75) is 36.5 Å². The summed E-state index contributed by atoms with van der Waals surface area (Å²) in [5.74, 6) is 11.5. The van der Waals surface area contributed by atoms with E-state index < -0.39 is 13.3 Å². The van der Waals surface area contributed by atoms with Crippen LogP contribution in [0, 0.1) is 11.8 Å². The van der Waals surface area contributed by atoms with Crippen LogP contribution in [0.4, 0.5) is 0 Å². The maximum absolute atomic E-state index is 3.89. The van der Waals surface area contributed by atoms with Crippen LogP contribution in [0.1, 0.15) is 25.3 Å². The molecule has 0 aliphatic carbocycles. The third-order valence-corrected chi connectivity index (χ3v) is 9.63. The molecule has 0 amide bonds. The average molecular weight is 287 g/mol. The summed E-state index contributed by atoms with van der Waals surface area (Å²) in [5.41, 5.74) is 1.24. The Hall–Kier alpha value is -0.937. The summed E-state index contributed by atoms with van der Waals surface area (Å²) in [7, 11) is 0. The zero-order valence-electron chi connectivity index (χ0n) is 11.2. The van der Waals surface area contributed by atoms with Crippen LogP contribution in [-0.2, 0) is 0 Å². The van der Waals surface area contributed by atoms with E-state index in [1.807, 2.05) is 0 Å². The van der Waals surface area contributed by atoms with E-state index in [0.29, 0.717) is 0 Å². The maximum atomic E-state index is 3.89. The van der Waals surface area contributed by atoms with Gasteiger partial charge in [0.05, 0.1) is 0 Å². The molecule has 0 aliphatic rings. The Bertz CT molecular complexity index is 432. The molecule has 1 aromatic rings. The molecule has 0 bridgehead atoms. The molecule has 0 saturated carbocycles. The average Bonchev–Trinajstić information content (AvgIpc) is 2.30. The standard InChI is InChI=1S/C16H22Ge/c1-5-7-8-11-15-12-9-10-13-16(15)17(3,4)14-6-2/h6,9-10,12-13H,2,5,7,14H2,1,3-4H3. The fourth-order valence-corrected chi connectivity index (χ4v) is 6.90. The fourth-order valence-electron chi connectivity index (χ4n) is 1.94. The topological polar surface area (TPSA) is 0 Å². The molecule has 0 nitrogen and oxygen atoms in total. The second-order valence-corrected chi connectivity index (χ2v) is 14.9. The Morgan fingerprint density at radius 2 is 2.00 bits per heavy atom. The van der Waals surface area contributed by atoms with Crippen LogP contribution < -0.4 is 4.40 Å². The van der Waals surface area contributed by atoms with E-state index in [0.717, 1.165) is 18.1 Å². The van der Waals surface area contributed by atoms with Gasteiger partial charge in [-0.2, -0.15) is 0 Å². The molecule has 0 N–H and O–H groups in total. The summed E-state index contributed by atoms with van der Waals surface area (Å²) >= 11 is -1.94. The van der Waals surface area contributed by atoms with Crippen LogP contribution in [0.5, 0.6) is 0 Å². The molecule has 17 heavy (non-hydrogen) atoms. The normalized spacial score (nSPS) is 10.5. The number of hydrogen-bond donors (Lipinski definition) is 0. The zero-order valence-corrected chi connectivity index (χ0v) is 13.3. The summed E-state index contributed by atoms with van der Waals surface area (Å²) in [4.78, 5) is 0. The molecule has 0 atom stereocenters. The minimum atomic E-state index is -1.94. The Kier molecular flexibility index (Phi) is 5.58. The van der Waals surface area contributed by atoms with Crippen molar-refractivity contribution >= 4 is 17.7 Å². The second kappa shape index (κ2) is 6.71. The van der Waals surface area contributed by atoms with E-state index in [1.54, 1.807) is 0 Å². The summed E-state index contributed by atoms with van der Waals surface area (Å²) in [6.07, 6.45) is 4.19. The van der Waals surface area contributed by atoms with Gasteiger partial charge in [0.15, 0.2) is 0 Å². The van der Waals surface area contributed by atoms with Crippen molar-refractivity contribution in [1.29, 1.82) is 0 Å². The molecule has 0 aliphatic heterocycles. The molecule has 1 rings (SSSR count). The minimum absolute atomic E-state index is 0.989. The van der Waals surface area contributed by atoms with Gasteiger partial charge in [0, 0.05) is 0 Å². The van der Waals surface area contributed by atoms with Crippen molar-refractivity contribution in [2.24, 2.45) is 0 Å². The number of hydrogen-bond acceptors (Lipinski definition) is 0. The molecule has 0 radical (unpaired) electrons. The quantitative estimate of drug-likeness (QED) is 0.447. The molecule has 90 valence electrons. The fraction of sp³-hybridized carbons (Fsp3) is 0.375. The first kappa shape index (κ1) is 14.1. The Morgan fingerprint density at radius 1 is 1.29 bits per heavy atom. The van der Waals surface area contributed by atoms with Crippen molar-refractivity contribution < 1.29 is 0 Å². The van der Waals surface area contributed by atoms with E-state index in [2.05, 4.69) is 67.2 Å². The first-order valence-corrected chi connectivity index (χ1v) is 13.0. The van der Waals surface area contributed by atoms with Gasteiger partial charge in [-0.3, -0.25) is 0 Å². The molecule has 1 aromatic carbocycles. The van der Waals surface area contributed by atoms with Gasteiger partial charge in [0.25, 0.3) is 0 Å². The van der Waals surface area contributed by atoms with E-state index >= 15 is 0 Å². The summed E-state index contributed by atoms with van der Waals surface area (Å²) in [6, 6.07) is 8.65. The van der Waals surface area contributed by atoms with Gasteiger partial charge < -0.3 is 0 Å². The van der Waals surface area contributed by atoms with Crippen LogP contribution in [-0.4, -0.2) is 13.3 Å². The van der Waals surface area contributed by atoms with E-state index in [1.165, 1.54) is 9.96 Å². The first-order valence-electron chi connectivity index (χ1n) is 6.31. The predicted octanol–water partition coefficient (Wildman–Crippen LogP) is 3.94. The number of rotatable bonds is 4. The predicted molar refractivity (Wildman–Crippen MR) is 80.3 cm³/mol. The number of allylic oxidation sites excluding steroid dienone is 1. The summed E-state index contributed by atoms with van der Waals surface area (Å²) in [6.45, 7) is 6.05. The van der Waals surface area contributed by atoms with Crippen LogP contribution in [0.15, 0.2) is 36.9 Å². The Labute approximate surface area is 108 Å². The van der Waals surface area contributed by atoms with Crippen molar-refractivity contribution in [1.82, 2.24) is 0 Å². The number of unbranched alkanes of at least 4 members (excludes halogenated alkanes) is 1. The van der Waals surface area contributed by atoms with Gasteiger partial charge in [-0.05, 0) is 0 Å². The Morgan fingerprint density at radius 3 is 2.65 bits per heavy atom. The molecule has 1 heteroatoms. The van der Waals surface area contributed by atoms with Gasteiger partial charge in [-0.25, -0.2) is 0 Å². The van der Waals surface area contributed by atoms with Gasteiger partial charge in [-0.15, -0.1) is 0 Å². The molecule has 0 heterocycles. The van der Waals surface area contributed by atoms with Gasteiger partial charge in [0.1, 0.15) is 0 Å².